The van der Waals surface area contributed by atoms with Crippen LogP contribution < -0.4 is 9.47 Å². The van der Waals surface area contributed by atoms with Crippen LogP contribution in [0.5, 0.6) is 11.5 Å². The van der Waals surface area contributed by atoms with E-state index in [1.165, 1.54) is 14.2 Å². The summed E-state index contributed by atoms with van der Waals surface area (Å²) in [5.41, 5.74) is 0.137. The Morgan fingerprint density at radius 1 is 1.17 bits per heavy atom. The molecule has 13 heteroatoms. The Balaban J connectivity index is 2.03. The molecule has 2 atom stereocenters. The van der Waals surface area contributed by atoms with E-state index in [0.717, 1.165) is 12.1 Å². The predicted octanol–water partition coefficient (Wildman–Crippen LogP) is 5.21. The number of fused-ring (bicyclic) bond motifs is 3. The van der Waals surface area contributed by atoms with Crippen molar-refractivity contribution in [2.75, 3.05) is 20.8 Å². The third kappa shape index (κ3) is 4.58. The maximum Gasteiger partial charge on any atom is 0.452 e. The van der Waals surface area contributed by atoms with Crippen molar-refractivity contribution in [2.24, 2.45) is 0 Å². The summed E-state index contributed by atoms with van der Waals surface area (Å²) in [5, 5.41) is 6.61. The first-order chi connectivity index (χ1) is 17.1. The molecule has 2 aromatic carbocycles. The van der Waals surface area contributed by atoms with Gasteiger partial charge in [-0.3, -0.25) is 9.36 Å². The molecule has 0 N–H and O–H groups in total. The molecule has 1 aliphatic heterocycles. The zero-order valence-electron chi connectivity index (χ0n) is 19.2. The van der Waals surface area contributed by atoms with Gasteiger partial charge in [0.1, 0.15) is 18.0 Å². The van der Waals surface area contributed by atoms with Crippen LogP contribution in [-0.4, -0.2) is 41.6 Å². The monoisotopic (exact) mass is 529 g/mol. The van der Waals surface area contributed by atoms with Gasteiger partial charge < -0.3 is 18.9 Å². The summed E-state index contributed by atoms with van der Waals surface area (Å²) in [7, 11) is 2.79. The third-order valence-corrected chi connectivity index (χ3v) is 5.79. The largest absolute Gasteiger partial charge is 0.493 e. The Bertz CT molecular complexity index is 1300. The van der Waals surface area contributed by atoms with Gasteiger partial charge in [0.25, 0.3) is 0 Å². The van der Waals surface area contributed by atoms with E-state index in [2.05, 4.69) is 10.2 Å². The number of hydrogen-bond acceptors (Lipinski definition) is 7. The van der Waals surface area contributed by atoms with Gasteiger partial charge in [-0.05, 0) is 25.1 Å². The fourth-order valence-corrected chi connectivity index (χ4v) is 4.22. The maximum absolute atomic E-state index is 14.6. The molecule has 0 fully saturated rings. The molecule has 0 amide bonds. The number of hydrogen-bond donors (Lipinski definition) is 0. The van der Waals surface area contributed by atoms with Crippen molar-refractivity contribution in [1.82, 2.24) is 14.8 Å². The molecule has 0 unspecified atom stereocenters. The Hall–Kier alpha value is -3.38. The average Bonchev–Trinajstić information content (AvgIpc) is 3.24. The van der Waals surface area contributed by atoms with E-state index >= 15 is 0 Å². The van der Waals surface area contributed by atoms with Crippen LogP contribution in [0.2, 0.25) is 5.02 Å². The van der Waals surface area contributed by atoms with Crippen LogP contribution in [0.3, 0.4) is 0 Å². The first-order valence-electron chi connectivity index (χ1n) is 10.6. The van der Waals surface area contributed by atoms with Crippen molar-refractivity contribution in [1.29, 1.82) is 0 Å². The molecule has 0 bridgehead atoms. The van der Waals surface area contributed by atoms with Gasteiger partial charge in [0.15, 0.2) is 17.3 Å². The van der Waals surface area contributed by atoms with Gasteiger partial charge in [-0.15, -0.1) is 10.2 Å². The Morgan fingerprint density at radius 2 is 1.92 bits per heavy atom. The minimum absolute atomic E-state index is 0.0419. The number of alkyl halides is 3. The van der Waals surface area contributed by atoms with E-state index in [4.69, 9.17) is 30.5 Å². The number of esters is 1. The Labute approximate surface area is 207 Å². The number of rotatable bonds is 6. The maximum atomic E-state index is 14.6. The predicted molar refractivity (Wildman–Crippen MR) is 118 cm³/mol. The molecule has 4 rings (SSSR count). The van der Waals surface area contributed by atoms with Crippen molar-refractivity contribution in [3.8, 4) is 17.2 Å². The van der Waals surface area contributed by atoms with E-state index in [0.29, 0.717) is 15.9 Å². The molecular weight excluding hydrogens is 510 g/mol. The highest BCUT2D eigenvalue weighted by Gasteiger charge is 2.44. The molecule has 192 valence electrons. The summed E-state index contributed by atoms with van der Waals surface area (Å²) >= 11 is 6.05. The molecule has 2 heterocycles. The number of para-hydroxylation sites is 1. The first-order valence-corrected chi connectivity index (χ1v) is 11.0. The Kier molecular flexibility index (Phi) is 7.10. The number of nitrogens with zero attached hydrogens (tertiary/aromatic N) is 3. The summed E-state index contributed by atoms with van der Waals surface area (Å²) < 4.78 is 79.2. The van der Waals surface area contributed by atoms with Crippen LogP contribution in [-0.2, 0) is 20.4 Å². The molecule has 1 aliphatic rings. The van der Waals surface area contributed by atoms with Gasteiger partial charge in [0.05, 0.1) is 38.0 Å². The van der Waals surface area contributed by atoms with Gasteiger partial charge in [0.2, 0.25) is 5.82 Å². The topological polar surface area (TPSA) is 84.7 Å². The van der Waals surface area contributed by atoms with Gasteiger partial charge in [0, 0.05) is 11.1 Å². The van der Waals surface area contributed by atoms with Crippen LogP contribution in [0.25, 0.3) is 5.69 Å². The number of methoxy groups -OCH3 is 2. The minimum atomic E-state index is -4.96. The Morgan fingerprint density at radius 3 is 2.56 bits per heavy atom. The van der Waals surface area contributed by atoms with Crippen LogP contribution in [0.4, 0.5) is 17.6 Å². The number of halogens is 5. The minimum Gasteiger partial charge on any atom is -0.493 e. The second kappa shape index (κ2) is 9.94. The number of ether oxygens (including phenoxy) is 4. The van der Waals surface area contributed by atoms with E-state index in [9.17, 15) is 22.4 Å². The SMILES string of the molecule is CCOC(=O)C[C@H]1O[C@H](c2cccc(OC)c2OC)c2cc(Cl)c(F)cc2-n2c1nnc2C(F)(F)F. The first kappa shape index (κ1) is 25.7. The van der Waals surface area contributed by atoms with Crippen LogP contribution in [0.15, 0.2) is 30.3 Å². The van der Waals surface area contributed by atoms with E-state index in [1.807, 2.05) is 0 Å². The zero-order chi connectivity index (χ0) is 26.2. The summed E-state index contributed by atoms with van der Waals surface area (Å²) in [4.78, 5) is 12.4. The number of aromatic nitrogens is 3. The normalized spacial score (nSPS) is 17.1. The second-order valence-electron chi connectivity index (χ2n) is 7.64. The number of benzene rings is 2. The van der Waals surface area contributed by atoms with Crippen molar-refractivity contribution < 1.29 is 41.3 Å². The van der Waals surface area contributed by atoms with E-state index < -0.39 is 42.4 Å². The van der Waals surface area contributed by atoms with Crippen molar-refractivity contribution in [3.63, 3.8) is 0 Å². The number of carbonyl (C=O) groups excluding carboxylic acids is 1. The highest BCUT2D eigenvalue weighted by Crippen LogP contribution is 2.47. The standard InChI is InChI=1S/C23H20ClF4N3O5/c1-4-35-18(32)10-17-21-29-30-22(23(26,27)28)31(21)15-9-14(25)13(24)8-12(15)19(36-17)11-6-5-7-16(33-2)20(11)34-3/h5-9,17,19H,4,10H2,1-3H3/t17-,19-/m1/s1. The van der Waals surface area contributed by atoms with Crippen molar-refractivity contribution >= 4 is 17.6 Å². The van der Waals surface area contributed by atoms with E-state index in [-0.39, 0.29) is 34.5 Å². The van der Waals surface area contributed by atoms with Gasteiger partial charge in [-0.25, -0.2) is 4.39 Å². The lowest BCUT2D eigenvalue weighted by Gasteiger charge is -2.24. The van der Waals surface area contributed by atoms with E-state index in [1.54, 1.807) is 25.1 Å². The quantitative estimate of drug-likeness (QED) is 0.320. The smallest absolute Gasteiger partial charge is 0.452 e. The second-order valence-corrected chi connectivity index (χ2v) is 8.04. The van der Waals surface area contributed by atoms with Crippen LogP contribution in [0, 0.1) is 5.82 Å². The summed E-state index contributed by atoms with van der Waals surface area (Å²) in [6, 6.07) is 6.84. The molecule has 0 radical (unpaired) electrons. The molecule has 0 spiro atoms. The molecule has 3 aromatic rings. The van der Waals surface area contributed by atoms with Crippen molar-refractivity contribution in [2.45, 2.75) is 31.7 Å². The fourth-order valence-electron chi connectivity index (χ4n) is 4.05. The summed E-state index contributed by atoms with van der Waals surface area (Å²) in [6.45, 7) is 1.63. The lowest BCUT2D eigenvalue weighted by molar-refractivity contribution is -0.147. The highest BCUT2D eigenvalue weighted by molar-refractivity contribution is 6.30. The highest BCUT2D eigenvalue weighted by atomic mass is 35.5. The molecule has 8 nitrogen and oxygen atoms in total. The fraction of sp³-hybridized carbons (Fsp3) is 0.348. The van der Waals surface area contributed by atoms with Crippen LogP contribution >= 0.6 is 11.6 Å². The lowest BCUT2D eigenvalue weighted by atomic mass is 9.98. The molecular formula is C23H20ClF4N3O5. The van der Waals surface area contributed by atoms with Crippen molar-refractivity contribution in [3.05, 3.63) is 63.9 Å². The van der Waals surface area contributed by atoms with Gasteiger partial charge in [-0.2, -0.15) is 13.2 Å². The summed E-state index contributed by atoms with van der Waals surface area (Å²) in [6.07, 6.45) is -7.98. The number of carbonyl (C=O) groups is 1. The van der Waals surface area contributed by atoms with Gasteiger partial charge >= 0.3 is 12.1 Å². The molecule has 1 aromatic heterocycles. The van der Waals surface area contributed by atoms with Crippen LogP contribution in [0.1, 0.15) is 48.3 Å². The summed E-state index contributed by atoms with van der Waals surface area (Å²) in [5.74, 6) is -2.95. The molecule has 0 saturated carbocycles. The zero-order valence-corrected chi connectivity index (χ0v) is 20.0. The molecule has 0 aliphatic carbocycles. The molecule has 36 heavy (non-hydrogen) atoms. The van der Waals surface area contributed by atoms with Gasteiger partial charge in [-0.1, -0.05) is 23.7 Å². The average molecular weight is 530 g/mol. The third-order valence-electron chi connectivity index (χ3n) is 5.50. The molecule has 0 saturated heterocycles. The lowest BCUT2D eigenvalue weighted by Crippen LogP contribution is -2.18.